The third-order valence-electron chi connectivity index (χ3n) is 3.87. The minimum atomic E-state index is 0.940. The highest BCUT2D eigenvalue weighted by Gasteiger charge is 2.05. The molecule has 0 bridgehead atoms. The average molecular weight is 406 g/mol. The molecule has 22 heavy (non-hydrogen) atoms. The summed E-state index contributed by atoms with van der Waals surface area (Å²) in [7, 11) is 1.71. The maximum Gasteiger partial charge on any atom is 0.132 e. The van der Waals surface area contributed by atoms with Gasteiger partial charge in [0.05, 0.1) is 10.7 Å². The lowest BCUT2D eigenvalue weighted by atomic mass is 10.0. The molecule has 0 radical (unpaired) electrons. The van der Waals surface area contributed by atoms with E-state index in [9.17, 15) is 0 Å². The average Bonchev–Trinajstić information content (AvgIpc) is 2.55. The lowest BCUT2D eigenvalue weighted by molar-refractivity contribution is 0.411. The Morgan fingerprint density at radius 3 is 2.41 bits per heavy atom. The van der Waals surface area contributed by atoms with Gasteiger partial charge in [-0.05, 0) is 70.7 Å². The maximum absolute atomic E-state index is 5.36. The number of halogens is 1. The number of aryl methyl sites for hydroxylation is 1. The van der Waals surface area contributed by atoms with Gasteiger partial charge < -0.3 is 4.74 Å². The van der Waals surface area contributed by atoms with Crippen LogP contribution in [-0.4, -0.2) is 7.11 Å². The number of hydrogen-bond acceptors (Lipinski definition) is 1. The summed E-state index contributed by atoms with van der Waals surface area (Å²) in [6, 6.07) is 13.0. The zero-order valence-corrected chi connectivity index (χ0v) is 15.7. The summed E-state index contributed by atoms with van der Waals surface area (Å²) >= 11 is 2.34. The molecule has 0 fully saturated rings. The Morgan fingerprint density at radius 2 is 1.77 bits per heavy atom. The number of ether oxygens (including phenoxy) is 1. The minimum Gasteiger partial charge on any atom is -0.496 e. The molecule has 2 aromatic carbocycles. The number of hydrogen-bond donors (Lipinski definition) is 0. The number of methoxy groups -OCH3 is 1. The lowest BCUT2D eigenvalue weighted by Gasteiger charge is -2.08. The molecule has 2 rings (SSSR count). The first kappa shape index (κ1) is 17.1. The van der Waals surface area contributed by atoms with Crippen molar-refractivity contribution in [3.63, 3.8) is 0 Å². The van der Waals surface area contributed by atoms with E-state index < -0.39 is 0 Å². The molecule has 0 aliphatic carbocycles. The van der Waals surface area contributed by atoms with E-state index in [1.54, 1.807) is 7.11 Å². The Labute approximate surface area is 147 Å². The van der Waals surface area contributed by atoms with E-state index in [0.29, 0.717) is 0 Å². The third-order valence-corrected chi connectivity index (χ3v) is 5.21. The van der Waals surface area contributed by atoms with E-state index in [4.69, 9.17) is 4.74 Å². The topological polar surface area (TPSA) is 9.23 Å². The first-order valence-corrected chi connectivity index (χ1v) is 8.83. The van der Waals surface area contributed by atoms with Gasteiger partial charge in [-0.1, -0.05) is 55.8 Å². The molecule has 0 heterocycles. The molecule has 1 nitrogen and oxygen atoms in total. The lowest BCUT2D eigenvalue weighted by Crippen LogP contribution is -1.92. The highest BCUT2D eigenvalue weighted by molar-refractivity contribution is 14.1. The molecule has 0 amide bonds. The summed E-state index contributed by atoms with van der Waals surface area (Å²) in [4.78, 5) is 0. The van der Waals surface area contributed by atoms with Crippen molar-refractivity contribution in [2.24, 2.45) is 0 Å². The van der Waals surface area contributed by atoms with Crippen molar-refractivity contribution in [2.75, 3.05) is 7.11 Å². The van der Waals surface area contributed by atoms with Crippen LogP contribution in [0.4, 0.5) is 0 Å². The van der Waals surface area contributed by atoms with E-state index in [1.807, 2.05) is 6.07 Å². The van der Waals surface area contributed by atoms with Gasteiger partial charge in [0, 0.05) is 0 Å². The second kappa shape index (κ2) is 8.37. The van der Waals surface area contributed by atoms with Crippen molar-refractivity contribution in [3.05, 3.63) is 62.2 Å². The fraction of sp³-hybridized carbons (Fsp3) is 0.300. The van der Waals surface area contributed by atoms with Crippen molar-refractivity contribution in [2.45, 2.75) is 33.1 Å². The van der Waals surface area contributed by atoms with Gasteiger partial charge in [0.2, 0.25) is 0 Å². The monoisotopic (exact) mass is 406 g/mol. The molecule has 0 unspecified atom stereocenters. The SMILES string of the molecule is CCCCc1ccc(C=Cc2ccc(OC)c(I)c2C)cc1. The van der Waals surface area contributed by atoms with E-state index in [2.05, 4.69) is 78.9 Å². The van der Waals surface area contributed by atoms with E-state index in [0.717, 1.165) is 5.75 Å². The van der Waals surface area contributed by atoms with Crippen molar-refractivity contribution in [1.82, 2.24) is 0 Å². The Bertz CT molecular complexity index is 642. The fourth-order valence-corrected chi connectivity index (χ4v) is 3.09. The standard InChI is InChI=1S/C20H23IO/c1-4-5-6-16-7-9-17(10-8-16)11-12-18-13-14-19(22-3)20(21)15(18)2/h7-14H,4-6H2,1-3H3. The van der Waals surface area contributed by atoms with Gasteiger partial charge in [0.25, 0.3) is 0 Å². The molecule has 0 aromatic heterocycles. The molecular weight excluding hydrogens is 383 g/mol. The maximum atomic E-state index is 5.36. The molecular formula is C20H23IO. The smallest absolute Gasteiger partial charge is 0.132 e. The first-order valence-electron chi connectivity index (χ1n) is 7.75. The second-order valence-electron chi connectivity index (χ2n) is 5.47. The predicted octanol–water partition coefficient (Wildman–Crippen LogP) is 6.12. The fourth-order valence-electron chi connectivity index (χ4n) is 2.38. The molecule has 0 saturated carbocycles. The molecule has 2 aromatic rings. The van der Waals surface area contributed by atoms with E-state index in [-0.39, 0.29) is 0 Å². The van der Waals surface area contributed by atoms with Gasteiger partial charge in [0.15, 0.2) is 0 Å². The van der Waals surface area contributed by atoms with Crippen LogP contribution in [0.15, 0.2) is 36.4 Å². The summed E-state index contributed by atoms with van der Waals surface area (Å²) in [5.74, 6) is 0.940. The minimum absolute atomic E-state index is 0.940. The third kappa shape index (κ3) is 4.35. The van der Waals surface area contributed by atoms with Gasteiger partial charge in [-0.3, -0.25) is 0 Å². The molecule has 2 heteroatoms. The van der Waals surface area contributed by atoms with Crippen LogP contribution in [0.3, 0.4) is 0 Å². The highest BCUT2D eigenvalue weighted by Crippen LogP contribution is 2.27. The Balaban J connectivity index is 2.13. The molecule has 0 N–H and O–H groups in total. The first-order chi connectivity index (χ1) is 10.7. The van der Waals surface area contributed by atoms with Gasteiger partial charge >= 0.3 is 0 Å². The van der Waals surface area contributed by atoms with Gasteiger partial charge in [0.1, 0.15) is 5.75 Å². The number of unbranched alkanes of at least 4 members (excludes halogenated alkanes) is 1. The summed E-state index contributed by atoms with van der Waals surface area (Å²) in [5, 5.41) is 0. The predicted molar refractivity (Wildman–Crippen MR) is 104 cm³/mol. The van der Waals surface area contributed by atoms with E-state index >= 15 is 0 Å². The summed E-state index contributed by atoms with van der Waals surface area (Å²) in [6.45, 7) is 4.37. The molecule has 0 saturated heterocycles. The van der Waals surface area contributed by atoms with Crippen molar-refractivity contribution in [3.8, 4) is 5.75 Å². The number of benzene rings is 2. The Morgan fingerprint density at radius 1 is 1.05 bits per heavy atom. The zero-order valence-electron chi connectivity index (χ0n) is 13.5. The molecule has 0 aliphatic heterocycles. The molecule has 116 valence electrons. The van der Waals surface area contributed by atoms with Crippen LogP contribution >= 0.6 is 22.6 Å². The van der Waals surface area contributed by atoms with Crippen LogP contribution in [0.25, 0.3) is 12.2 Å². The van der Waals surface area contributed by atoms with Crippen molar-refractivity contribution in [1.29, 1.82) is 0 Å². The zero-order chi connectivity index (χ0) is 15.9. The molecule has 0 atom stereocenters. The second-order valence-corrected chi connectivity index (χ2v) is 6.55. The molecule has 0 aliphatic rings. The van der Waals surface area contributed by atoms with Crippen LogP contribution in [0.5, 0.6) is 5.75 Å². The van der Waals surface area contributed by atoms with Crippen LogP contribution < -0.4 is 4.74 Å². The van der Waals surface area contributed by atoms with Gasteiger partial charge in [-0.2, -0.15) is 0 Å². The van der Waals surface area contributed by atoms with Crippen LogP contribution in [0.2, 0.25) is 0 Å². The highest BCUT2D eigenvalue weighted by atomic mass is 127. The number of rotatable bonds is 6. The van der Waals surface area contributed by atoms with Crippen LogP contribution in [-0.2, 0) is 6.42 Å². The normalized spacial score (nSPS) is 11.1. The van der Waals surface area contributed by atoms with Crippen molar-refractivity contribution >= 4 is 34.7 Å². The van der Waals surface area contributed by atoms with Gasteiger partial charge in [-0.25, -0.2) is 0 Å². The quantitative estimate of drug-likeness (QED) is 0.415. The Kier molecular flexibility index (Phi) is 6.49. The summed E-state index contributed by atoms with van der Waals surface area (Å²) < 4.78 is 6.54. The Hall–Kier alpha value is -1.29. The van der Waals surface area contributed by atoms with Crippen LogP contribution in [0.1, 0.15) is 42.0 Å². The molecule has 0 spiro atoms. The van der Waals surface area contributed by atoms with E-state index in [1.165, 1.54) is 45.1 Å². The summed E-state index contributed by atoms with van der Waals surface area (Å²) in [5.41, 5.74) is 5.16. The van der Waals surface area contributed by atoms with Crippen molar-refractivity contribution < 1.29 is 4.74 Å². The van der Waals surface area contributed by atoms with Gasteiger partial charge in [-0.15, -0.1) is 0 Å². The van der Waals surface area contributed by atoms with Crippen LogP contribution in [0, 0.1) is 10.5 Å². The summed E-state index contributed by atoms with van der Waals surface area (Å²) in [6.07, 6.45) is 8.04. The largest absolute Gasteiger partial charge is 0.496 e.